The second-order valence-electron chi connectivity index (χ2n) is 6.47. The summed E-state index contributed by atoms with van der Waals surface area (Å²) in [5, 5.41) is 3.32. The third kappa shape index (κ3) is 5.55. The second kappa shape index (κ2) is 10.6. The van der Waals surface area contributed by atoms with E-state index in [1.807, 2.05) is 24.9 Å². The number of hydrogen-bond acceptors (Lipinski definition) is 3. The number of guanidine groups is 1. The van der Waals surface area contributed by atoms with Crippen molar-refractivity contribution in [3.63, 3.8) is 0 Å². The second-order valence-corrected chi connectivity index (χ2v) is 6.47. The summed E-state index contributed by atoms with van der Waals surface area (Å²) in [5.41, 5.74) is 0.326. The van der Waals surface area contributed by atoms with Crippen LogP contribution in [-0.4, -0.2) is 59.7 Å². The van der Waals surface area contributed by atoms with Crippen molar-refractivity contribution in [2.45, 2.75) is 20.4 Å². The first-order chi connectivity index (χ1) is 13.1. The van der Waals surface area contributed by atoms with Crippen molar-refractivity contribution in [3.05, 3.63) is 48.1 Å². The fourth-order valence-corrected chi connectivity index (χ4v) is 3.22. The number of rotatable bonds is 5. The number of aryl methyl sites for hydroxylation is 1. The predicted octanol–water partition coefficient (Wildman–Crippen LogP) is 2.88. The third-order valence-electron chi connectivity index (χ3n) is 4.69. The summed E-state index contributed by atoms with van der Waals surface area (Å²) in [6.07, 6.45) is 3.74. The van der Waals surface area contributed by atoms with Gasteiger partial charge in [-0.25, -0.2) is 13.8 Å². The largest absolute Gasteiger partial charge is 0.366 e. The quantitative estimate of drug-likeness (QED) is 0.387. The molecule has 2 heterocycles. The zero-order chi connectivity index (χ0) is 19.2. The lowest BCUT2D eigenvalue weighted by Gasteiger charge is -2.37. The smallest absolute Gasteiger partial charge is 0.194 e. The lowest BCUT2D eigenvalue weighted by molar-refractivity contribution is 0.370. The van der Waals surface area contributed by atoms with Crippen molar-refractivity contribution in [1.82, 2.24) is 19.8 Å². The van der Waals surface area contributed by atoms with Gasteiger partial charge in [-0.1, -0.05) is 0 Å². The molecule has 9 heteroatoms. The maximum Gasteiger partial charge on any atom is 0.194 e. The number of anilines is 1. The van der Waals surface area contributed by atoms with Crippen molar-refractivity contribution in [3.8, 4) is 0 Å². The van der Waals surface area contributed by atoms with E-state index in [9.17, 15) is 8.78 Å². The highest BCUT2D eigenvalue weighted by atomic mass is 127. The summed E-state index contributed by atoms with van der Waals surface area (Å²) < 4.78 is 29.5. The standard InChI is InChI=1S/C19H26F2N6.HI/c1-3-22-19(24-7-9-25-8-6-23-15(25)2)27-12-10-26(11-13-27)18-14-16(20)4-5-17(18)21;/h4-6,8,14H,3,7,9-13H2,1-2H3,(H,22,24);1H. The Bertz CT molecular complexity index is 786. The van der Waals surface area contributed by atoms with Crippen LogP contribution in [0.3, 0.4) is 0 Å². The lowest BCUT2D eigenvalue weighted by Crippen LogP contribution is -2.52. The monoisotopic (exact) mass is 504 g/mol. The number of piperazine rings is 1. The van der Waals surface area contributed by atoms with E-state index in [1.165, 1.54) is 12.1 Å². The topological polar surface area (TPSA) is 48.7 Å². The van der Waals surface area contributed by atoms with Gasteiger partial charge in [0.05, 0.1) is 12.2 Å². The number of aromatic nitrogens is 2. The molecule has 28 heavy (non-hydrogen) atoms. The van der Waals surface area contributed by atoms with Gasteiger partial charge in [-0.3, -0.25) is 4.99 Å². The van der Waals surface area contributed by atoms with Gasteiger partial charge in [-0.2, -0.15) is 0 Å². The molecule has 1 aromatic carbocycles. The molecule has 2 aromatic rings. The number of aliphatic imine (C=N–C) groups is 1. The highest BCUT2D eigenvalue weighted by molar-refractivity contribution is 14.0. The number of nitrogens with one attached hydrogen (secondary N) is 1. The van der Waals surface area contributed by atoms with Gasteiger partial charge in [0.15, 0.2) is 5.96 Å². The molecule has 3 rings (SSSR count). The third-order valence-corrected chi connectivity index (χ3v) is 4.69. The summed E-state index contributed by atoms with van der Waals surface area (Å²) >= 11 is 0. The SMILES string of the molecule is CCNC(=NCCn1ccnc1C)N1CCN(c2cc(F)ccc2F)CC1.I. The van der Waals surface area contributed by atoms with Gasteiger partial charge in [0.1, 0.15) is 17.5 Å². The maximum absolute atomic E-state index is 14.0. The summed E-state index contributed by atoms with van der Waals surface area (Å²) in [6, 6.07) is 3.59. The van der Waals surface area contributed by atoms with Gasteiger partial charge in [0, 0.05) is 57.7 Å². The van der Waals surface area contributed by atoms with Crippen LogP contribution in [0.1, 0.15) is 12.7 Å². The van der Waals surface area contributed by atoms with Crippen molar-refractivity contribution >= 4 is 35.6 Å². The summed E-state index contributed by atoms with van der Waals surface area (Å²) in [4.78, 5) is 13.0. The highest BCUT2D eigenvalue weighted by Crippen LogP contribution is 2.21. The van der Waals surface area contributed by atoms with E-state index in [-0.39, 0.29) is 29.8 Å². The molecule has 1 aliphatic heterocycles. The number of benzene rings is 1. The number of hydrogen-bond donors (Lipinski definition) is 1. The molecule has 1 saturated heterocycles. The zero-order valence-corrected chi connectivity index (χ0v) is 18.6. The lowest BCUT2D eigenvalue weighted by atomic mass is 10.2. The fraction of sp³-hybridized carbons (Fsp3) is 0.474. The zero-order valence-electron chi connectivity index (χ0n) is 16.2. The van der Waals surface area contributed by atoms with Crippen LogP contribution in [0.4, 0.5) is 14.5 Å². The molecular formula is C19H27F2IN6. The van der Waals surface area contributed by atoms with Crippen molar-refractivity contribution < 1.29 is 8.78 Å². The molecule has 0 saturated carbocycles. The Balaban J connectivity index is 0.00000280. The van der Waals surface area contributed by atoms with E-state index in [1.54, 1.807) is 6.20 Å². The van der Waals surface area contributed by atoms with Crippen LogP contribution in [0.25, 0.3) is 0 Å². The molecule has 1 N–H and O–H groups in total. The van der Waals surface area contributed by atoms with Gasteiger partial charge in [-0.05, 0) is 26.0 Å². The van der Waals surface area contributed by atoms with Crippen LogP contribution in [0.15, 0.2) is 35.6 Å². The van der Waals surface area contributed by atoms with E-state index in [0.717, 1.165) is 30.9 Å². The molecule has 1 fully saturated rings. The van der Waals surface area contributed by atoms with Gasteiger partial charge in [-0.15, -0.1) is 24.0 Å². The molecule has 0 atom stereocenters. The fourth-order valence-electron chi connectivity index (χ4n) is 3.22. The maximum atomic E-state index is 14.0. The first-order valence-electron chi connectivity index (χ1n) is 9.29. The van der Waals surface area contributed by atoms with E-state index >= 15 is 0 Å². The molecule has 0 amide bonds. The highest BCUT2D eigenvalue weighted by Gasteiger charge is 2.22. The Labute approximate surface area is 181 Å². The van der Waals surface area contributed by atoms with Crippen LogP contribution in [-0.2, 0) is 6.54 Å². The van der Waals surface area contributed by atoms with Gasteiger partial charge < -0.3 is 19.7 Å². The Kier molecular flexibility index (Phi) is 8.46. The van der Waals surface area contributed by atoms with Gasteiger partial charge in [0.25, 0.3) is 0 Å². The number of imidazole rings is 1. The number of halogens is 3. The van der Waals surface area contributed by atoms with Crippen LogP contribution in [0.5, 0.6) is 0 Å². The summed E-state index contributed by atoms with van der Waals surface area (Å²) in [6.45, 7) is 8.84. The van der Waals surface area contributed by atoms with Crippen LogP contribution < -0.4 is 10.2 Å². The molecular weight excluding hydrogens is 477 g/mol. The van der Waals surface area contributed by atoms with Crippen molar-refractivity contribution in [2.75, 3.05) is 44.2 Å². The molecule has 0 unspecified atom stereocenters. The minimum atomic E-state index is -0.418. The average molecular weight is 504 g/mol. The Morgan fingerprint density at radius 3 is 2.61 bits per heavy atom. The Hall–Kier alpha value is -1.91. The predicted molar refractivity (Wildman–Crippen MR) is 119 cm³/mol. The Morgan fingerprint density at radius 2 is 1.96 bits per heavy atom. The summed E-state index contributed by atoms with van der Waals surface area (Å²) in [5.74, 6) is 1.02. The molecule has 0 spiro atoms. The Morgan fingerprint density at radius 1 is 1.21 bits per heavy atom. The minimum absolute atomic E-state index is 0. The normalized spacial score (nSPS) is 14.8. The van der Waals surface area contributed by atoms with Gasteiger partial charge in [0.2, 0.25) is 0 Å². The molecule has 1 aliphatic rings. The molecule has 0 radical (unpaired) electrons. The van der Waals surface area contributed by atoms with E-state index in [4.69, 9.17) is 4.99 Å². The first kappa shape index (κ1) is 22.4. The summed E-state index contributed by atoms with van der Waals surface area (Å²) in [7, 11) is 0. The average Bonchev–Trinajstić information content (AvgIpc) is 3.08. The molecule has 0 aliphatic carbocycles. The molecule has 1 aromatic heterocycles. The van der Waals surface area contributed by atoms with E-state index in [0.29, 0.717) is 38.4 Å². The first-order valence-corrected chi connectivity index (χ1v) is 9.29. The molecule has 0 bridgehead atoms. The van der Waals surface area contributed by atoms with Crippen LogP contribution >= 0.6 is 24.0 Å². The van der Waals surface area contributed by atoms with E-state index in [2.05, 4.69) is 19.8 Å². The number of nitrogens with zero attached hydrogens (tertiary/aromatic N) is 5. The minimum Gasteiger partial charge on any atom is -0.366 e. The van der Waals surface area contributed by atoms with E-state index < -0.39 is 5.82 Å². The van der Waals surface area contributed by atoms with Crippen molar-refractivity contribution in [1.29, 1.82) is 0 Å². The molecule has 154 valence electrons. The van der Waals surface area contributed by atoms with Crippen LogP contribution in [0.2, 0.25) is 0 Å². The molecule has 6 nitrogen and oxygen atoms in total. The van der Waals surface area contributed by atoms with Crippen LogP contribution in [0, 0.1) is 18.6 Å². The van der Waals surface area contributed by atoms with Gasteiger partial charge >= 0.3 is 0 Å². The van der Waals surface area contributed by atoms with Crippen molar-refractivity contribution in [2.24, 2.45) is 4.99 Å².